The van der Waals surface area contributed by atoms with Crippen LogP contribution < -0.4 is 15.0 Å². The molecule has 0 spiro atoms. The second-order valence-corrected chi connectivity index (χ2v) is 7.00. The predicted molar refractivity (Wildman–Crippen MR) is 107 cm³/mol. The Hall–Kier alpha value is -2.51. The molecule has 1 aliphatic heterocycles. The summed E-state index contributed by atoms with van der Waals surface area (Å²) in [6.07, 6.45) is 0. The summed E-state index contributed by atoms with van der Waals surface area (Å²) in [7, 11) is 1.48. The van der Waals surface area contributed by atoms with Gasteiger partial charge in [0, 0.05) is 12.8 Å². The molecule has 1 heterocycles. The van der Waals surface area contributed by atoms with Crippen LogP contribution in [0.2, 0.25) is 0 Å². The Bertz CT molecular complexity index is 827. The molecule has 0 aliphatic carbocycles. The van der Waals surface area contributed by atoms with E-state index in [0.29, 0.717) is 23.8 Å². The highest BCUT2D eigenvalue weighted by Crippen LogP contribution is 2.45. The van der Waals surface area contributed by atoms with Crippen molar-refractivity contribution in [3.05, 3.63) is 54.1 Å². The number of para-hydroxylation sites is 2. The number of anilines is 2. The van der Waals surface area contributed by atoms with E-state index < -0.39 is 0 Å². The van der Waals surface area contributed by atoms with Gasteiger partial charge in [-0.1, -0.05) is 24.3 Å². The van der Waals surface area contributed by atoms with E-state index in [-0.39, 0.29) is 23.8 Å². The highest BCUT2D eigenvalue weighted by Gasteiger charge is 2.35. The molecule has 7 heteroatoms. The highest BCUT2D eigenvalue weighted by atomic mass is 32.2. The third-order valence-corrected chi connectivity index (χ3v) is 5.24. The quantitative estimate of drug-likeness (QED) is 0.789. The van der Waals surface area contributed by atoms with Crippen molar-refractivity contribution in [3.63, 3.8) is 0 Å². The molecule has 27 heavy (non-hydrogen) atoms. The lowest BCUT2D eigenvalue weighted by Gasteiger charge is -2.26. The molecule has 0 radical (unpaired) electrons. The van der Waals surface area contributed by atoms with Gasteiger partial charge in [0.2, 0.25) is 11.8 Å². The first kappa shape index (κ1) is 19.3. The Labute approximate surface area is 162 Å². The fourth-order valence-corrected chi connectivity index (χ4v) is 4.12. The molecule has 2 aromatic carbocycles. The largest absolute Gasteiger partial charge is 0.492 e. The number of amides is 2. The topological polar surface area (TPSA) is 67.9 Å². The third-order valence-electron chi connectivity index (χ3n) is 4.02. The van der Waals surface area contributed by atoms with Crippen molar-refractivity contribution in [2.45, 2.75) is 12.3 Å². The number of hydrogen-bond donors (Lipinski definition) is 1. The van der Waals surface area contributed by atoms with Crippen LogP contribution in [0.3, 0.4) is 0 Å². The molecule has 1 saturated heterocycles. The van der Waals surface area contributed by atoms with Crippen LogP contribution in [0.5, 0.6) is 5.75 Å². The minimum absolute atomic E-state index is 0.00521. The van der Waals surface area contributed by atoms with Crippen molar-refractivity contribution in [1.29, 1.82) is 0 Å². The SMILES string of the molecule is CCOc1ccccc1N1C(=O)CSC1c1cccc(NC(=O)COC)c1. The summed E-state index contributed by atoms with van der Waals surface area (Å²) in [6.45, 7) is 2.44. The Balaban J connectivity index is 1.90. The normalized spacial score (nSPS) is 16.4. The van der Waals surface area contributed by atoms with E-state index in [1.165, 1.54) is 7.11 Å². The summed E-state index contributed by atoms with van der Waals surface area (Å²) in [6, 6.07) is 15.1. The number of nitrogens with zero attached hydrogens (tertiary/aromatic N) is 1. The Kier molecular flexibility index (Phi) is 6.36. The van der Waals surface area contributed by atoms with Gasteiger partial charge in [-0.25, -0.2) is 0 Å². The Morgan fingerprint density at radius 1 is 1.26 bits per heavy atom. The first-order chi connectivity index (χ1) is 13.1. The number of rotatable bonds is 7. The van der Waals surface area contributed by atoms with Gasteiger partial charge in [-0.05, 0) is 36.8 Å². The van der Waals surface area contributed by atoms with Crippen LogP contribution in [0.1, 0.15) is 17.9 Å². The fraction of sp³-hybridized carbons (Fsp3) is 0.300. The molecule has 142 valence electrons. The van der Waals surface area contributed by atoms with E-state index in [2.05, 4.69) is 5.32 Å². The Morgan fingerprint density at radius 2 is 2.07 bits per heavy atom. The number of ether oxygens (including phenoxy) is 2. The summed E-state index contributed by atoms with van der Waals surface area (Å²) in [5.41, 5.74) is 2.37. The molecule has 0 bridgehead atoms. The zero-order valence-corrected chi connectivity index (χ0v) is 16.1. The fourth-order valence-electron chi connectivity index (χ4n) is 2.96. The van der Waals surface area contributed by atoms with Crippen LogP contribution in [0.15, 0.2) is 48.5 Å². The van der Waals surface area contributed by atoms with E-state index in [1.807, 2.05) is 55.5 Å². The Morgan fingerprint density at radius 3 is 2.85 bits per heavy atom. The van der Waals surface area contributed by atoms with Crippen LogP contribution in [0.4, 0.5) is 11.4 Å². The second-order valence-electron chi connectivity index (χ2n) is 5.93. The van der Waals surface area contributed by atoms with Gasteiger partial charge < -0.3 is 14.8 Å². The molecule has 2 aromatic rings. The maximum absolute atomic E-state index is 12.6. The lowest BCUT2D eigenvalue weighted by molar-refractivity contribution is -0.119. The van der Waals surface area contributed by atoms with Crippen LogP contribution in [-0.4, -0.2) is 37.9 Å². The molecule has 1 unspecified atom stereocenters. The molecule has 1 aliphatic rings. The zero-order valence-electron chi connectivity index (χ0n) is 15.3. The van der Waals surface area contributed by atoms with Crippen molar-refractivity contribution in [3.8, 4) is 5.75 Å². The molecular weight excluding hydrogens is 364 g/mol. The van der Waals surface area contributed by atoms with E-state index in [4.69, 9.17) is 9.47 Å². The van der Waals surface area contributed by atoms with Crippen molar-refractivity contribution >= 4 is 35.0 Å². The number of carbonyl (C=O) groups is 2. The standard InChI is InChI=1S/C20H22N2O4S/c1-3-26-17-10-5-4-9-16(17)22-19(24)13-27-20(22)14-7-6-8-15(11-14)21-18(23)12-25-2/h4-11,20H,3,12-13H2,1-2H3,(H,21,23). The maximum Gasteiger partial charge on any atom is 0.250 e. The number of carbonyl (C=O) groups excluding carboxylic acids is 2. The van der Waals surface area contributed by atoms with Gasteiger partial charge in [-0.2, -0.15) is 0 Å². The van der Waals surface area contributed by atoms with Gasteiger partial charge >= 0.3 is 0 Å². The van der Waals surface area contributed by atoms with Crippen LogP contribution in [0, 0.1) is 0 Å². The number of thioether (sulfide) groups is 1. The van der Waals surface area contributed by atoms with Crippen molar-refractivity contribution in [1.82, 2.24) is 0 Å². The third kappa shape index (κ3) is 4.43. The van der Waals surface area contributed by atoms with Crippen molar-refractivity contribution < 1.29 is 19.1 Å². The summed E-state index contributed by atoms with van der Waals surface area (Å²) >= 11 is 1.55. The molecular formula is C20H22N2O4S. The minimum atomic E-state index is -0.219. The lowest BCUT2D eigenvalue weighted by Crippen LogP contribution is -2.28. The molecule has 1 N–H and O–H groups in total. The molecule has 0 aromatic heterocycles. The van der Waals surface area contributed by atoms with Gasteiger partial charge in [-0.15, -0.1) is 11.8 Å². The zero-order chi connectivity index (χ0) is 19.2. The van der Waals surface area contributed by atoms with Gasteiger partial charge in [0.05, 0.1) is 18.0 Å². The number of benzene rings is 2. The average Bonchev–Trinajstić information content (AvgIpc) is 3.04. The van der Waals surface area contributed by atoms with Crippen LogP contribution in [-0.2, 0) is 14.3 Å². The van der Waals surface area contributed by atoms with Gasteiger partial charge in [0.25, 0.3) is 0 Å². The molecule has 1 fully saturated rings. The maximum atomic E-state index is 12.6. The number of hydrogen-bond acceptors (Lipinski definition) is 5. The minimum Gasteiger partial charge on any atom is -0.492 e. The molecule has 1 atom stereocenters. The molecule has 6 nitrogen and oxygen atoms in total. The molecule has 3 rings (SSSR count). The summed E-state index contributed by atoms with van der Waals surface area (Å²) in [5.74, 6) is 0.894. The monoisotopic (exact) mass is 386 g/mol. The first-order valence-electron chi connectivity index (χ1n) is 8.68. The first-order valence-corrected chi connectivity index (χ1v) is 9.73. The second kappa shape index (κ2) is 8.92. The van der Waals surface area contributed by atoms with Gasteiger partial charge in [0.15, 0.2) is 0 Å². The van der Waals surface area contributed by atoms with Crippen LogP contribution >= 0.6 is 11.8 Å². The van der Waals surface area contributed by atoms with Gasteiger partial charge in [0.1, 0.15) is 17.7 Å². The van der Waals surface area contributed by atoms with E-state index in [1.54, 1.807) is 16.7 Å². The molecule has 0 saturated carbocycles. The van der Waals surface area contributed by atoms with E-state index in [0.717, 1.165) is 11.3 Å². The highest BCUT2D eigenvalue weighted by molar-refractivity contribution is 8.00. The summed E-state index contributed by atoms with van der Waals surface area (Å²) in [4.78, 5) is 26.2. The van der Waals surface area contributed by atoms with E-state index >= 15 is 0 Å². The van der Waals surface area contributed by atoms with Crippen LogP contribution in [0.25, 0.3) is 0 Å². The lowest BCUT2D eigenvalue weighted by atomic mass is 10.1. The molecule has 2 amide bonds. The predicted octanol–water partition coefficient (Wildman–Crippen LogP) is 3.45. The average molecular weight is 386 g/mol. The van der Waals surface area contributed by atoms with E-state index in [9.17, 15) is 9.59 Å². The van der Waals surface area contributed by atoms with Crippen molar-refractivity contribution in [2.75, 3.05) is 36.3 Å². The smallest absolute Gasteiger partial charge is 0.250 e. The number of methoxy groups -OCH3 is 1. The summed E-state index contributed by atoms with van der Waals surface area (Å²) in [5, 5.41) is 2.62. The summed E-state index contributed by atoms with van der Waals surface area (Å²) < 4.78 is 10.6. The van der Waals surface area contributed by atoms with Gasteiger partial charge in [-0.3, -0.25) is 14.5 Å². The van der Waals surface area contributed by atoms with Crippen molar-refractivity contribution in [2.24, 2.45) is 0 Å². The number of nitrogens with one attached hydrogen (secondary N) is 1.